The highest BCUT2D eigenvalue weighted by Gasteiger charge is 2.25. The number of carbonyl (C=O) groups excluding carboxylic acids is 1. The standard InChI is InChI=1S/C17H32N2O3/c1-5-14(4)16(17(21)22)18-15(20)7-6-8-19-10-12(2)9-13(3)11-19/h12-14,16H,5-11H2,1-4H3,(H,18,20)(H,21,22). The molecule has 1 rings (SSSR count). The molecule has 1 aliphatic rings. The van der Waals surface area contributed by atoms with E-state index in [1.165, 1.54) is 6.42 Å². The molecule has 0 aromatic rings. The maximum absolute atomic E-state index is 12.0. The number of nitrogens with zero attached hydrogens (tertiary/aromatic N) is 1. The zero-order valence-corrected chi connectivity index (χ0v) is 14.5. The summed E-state index contributed by atoms with van der Waals surface area (Å²) in [5.41, 5.74) is 0. The molecule has 4 unspecified atom stereocenters. The van der Waals surface area contributed by atoms with Crippen LogP contribution in [0.4, 0.5) is 0 Å². The van der Waals surface area contributed by atoms with E-state index in [1.807, 2.05) is 13.8 Å². The van der Waals surface area contributed by atoms with Gasteiger partial charge in [-0.05, 0) is 37.1 Å². The summed E-state index contributed by atoms with van der Waals surface area (Å²) >= 11 is 0. The first-order chi connectivity index (χ1) is 10.3. The van der Waals surface area contributed by atoms with Gasteiger partial charge in [0.1, 0.15) is 6.04 Å². The van der Waals surface area contributed by atoms with Gasteiger partial charge in [0.05, 0.1) is 0 Å². The van der Waals surface area contributed by atoms with Gasteiger partial charge in [0, 0.05) is 19.5 Å². The van der Waals surface area contributed by atoms with Crippen LogP contribution in [0.25, 0.3) is 0 Å². The Morgan fingerprint density at radius 2 is 1.86 bits per heavy atom. The van der Waals surface area contributed by atoms with Gasteiger partial charge >= 0.3 is 5.97 Å². The van der Waals surface area contributed by atoms with Crippen molar-refractivity contribution >= 4 is 11.9 Å². The minimum absolute atomic E-state index is 0.0507. The highest BCUT2D eigenvalue weighted by atomic mass is 16.4. The molecule has 2 N–H and O–H groups in total. The first-order valence-corrected chi connectivity index (χ1v) is 8.58. The summed E-state index contributed by atoms with van der Waals surface area (Å²) in [4.78, 5) is 25.6. The average molecular weight is 312 g/mol. The molecule has 0 aliphatic carbocycles. The van der Waals surface area contributed by atoms with Crippen molar-refractivity contribution in [2.24, 2.45) is 17.8 Å². The van der Waals surface area contributed by atoms with E-state index >= 15 is 0 Å². The normalized spacial score (nSPS) is 25.5. The first kappa shape index (κ1) is 18.9. The van der Waals surface area contributed by atoms with E-state index < -0.39 is 12.0 Å². The van der Waals surface area contributed by atoms with Crippen molar-refractivity contribution in [3.63, 3.8) is 0 Å². The molecule has 1 heterocycles. The molecular weight excluding hydrogens is 280 g/mol. The first-order valence-electron chi connectivity index (χ1n) is 8.58. The van der Waals surface area contributed by atoms with Gasteiger partial charge in [0.15, 0.2) is 0 Å². The Kier molecular flexibility index (Phi) is 7.87. The Morgan fingerprint density at radius 1 is 1.27 bits per heavy atom. The second kappa shape index (κ2) is 9.13. The molecule has 1 amide bonds. The van der Waals surface area contributed by atoms with Crippen LogP contribution in [-0.4, -0.2) is 47.6 Å². The fourth-order valence-corrected chi connectivity index (χ4v) is 3.37. The number of piperidine rings is 1. The van der Waals surface area contributed by atoms with Crippen LogP contribution in [0.15, 0.2) is 0 Å². The lowest BCUT2D eigenvalue weighted by Crippen LogP contribution is -2.45. The Bertz CT molecular complexity index is 363. The van der Waals surface area contributed by atoms with E-state index in [0.717, 1.165) is 44.3 Å². The Hall–Kier alpha value is -1.10. The van der Waals surface area contributed by atoms with Crippen LogP contribution in [0, 0.1) is 17.8 Å². The minimum Gasteiger partial charge on any atom is -0.480 e. The molecule has 0 bridgehead atoms. The Morgan fingerprint density at radius 3 is 2.36 bits per heavy atom. The van der Waals surface area contributed by atoms with E-state index in [9.17, 15) is 14.7 Å². The van der Waals surface area contributed by atoms with Crippen molar-refractivity contribution < 1.29 is 14.7 Å². The maximum atomic E-state index is 12.0. The van der Waals surface area contributed by atoms with E-state index in [1.54, 1.807) is 0 Å². The fraction of sp³-hybridized carbons (Fsp3) is 0.882. The fourth-order valence-electron chi connectivity index (χ4n) is 3.37. The smallest absolute Gasteiger partial charge is 0.326 e. The number of rotatable bonds is 8. The summed E-state index contributed by atoms with van der Waals surface area (Å²) in [5, 5.41) is 11.9. The molecular formula is C17H32N2O3. The maximum Gasteiger partial charge on any atom is 0.326 e. The lowest BCUT2D eigenvalue weighted by atomic mass is 9.92. The van der Waals surface area contributed by atoms with Crippen LogP contribution in [0.5, 0.6) is 0 Å². The summed E-state index contributed by atoms with van der Waals surface area (Å²) in [7, 11) is 0. The molecule has 1 saturated heterocycles. The van der Waals surface area contributed by atoms with Crippen LogP contribution in [0.3, 0.4) is 0 Å². The molecule has 0 spiro atoms. The summed E-state index contributed by atoms with van der Waals surface area (Å²) < 4.78 is 0. The molecule has 5 heteroatoms. The molecule has 0 aromatic carbocycles. The summed E-state index contributed by atoms with van der Waals surface area (Å²) in [6.45, 7) is 11.5. The second-order valence-electron chi connectivity index (χ2n) is 7.08. The zero-order valence-electron chi connectivity index (χ0n) is 14.5. The average Bonchev–Trinajstić information content (AvgIpc) is 2.42. The van der Waals surface area contributed by atoms with Gasteiger partial charge in [-0.3, -0.25) is 4.79 Å². The minimum atomic E-state index is -0.943. The number of hydrogen-bond donors (Lipinski definition) is 2. The number of carbonyl (C=O) groups is 2. The number of carboxylic acids is 1. The third-order valence-electron chi connectivity index (χ3n) is 4.62. The highest BCUT2D eigenvalue weighted by Crippen LogP contribution is 2.21. The van der Waals surface area contributed by atoms with Gasteiger partial charge in [0.25, 0.3) is 0 Å². The third kappa shape index (κ3) is 6.34. The SMILES string of the molecule is CCC(C)C(NC(=O)CCCN1CC(C)CC(C)C1)C(=O)O. The van der Waals surface area contributed by atoms with Gasteiger partial charge in [-0.15, -0.1) is 0 Å². The topological polar surface area (TPSA) is 69.6 Å². The molecule has 5 nitrogen and oxygen atoms in total. The lowest BCUT2D eigenvalue weighted by molar-refractivity contribution is -0.143. The van der Waals surface area contributed by atoms with Gasteiger partial charge in [0.2, 0.25) is 5.91 Å². The number of nitrogens with one attached hydrogen (secondary N) is 1. The monoisotopic (exact) mass is 312 g/mol. The van der Waals surface area contributed by atoms with Crippen molar-refractivity contribution in [3.05, 3.63) is 0 Å². The molecule has 0 radical (unpaired) electrons. The lowest BCUT2D eigenvalue weighted by Gasteiger charge is -2.34. The van der Waals surface area contributed by atoms with Gasteiger partial charge < -0.3 is 15.3 Å². The van der Waals surface area contributed by atoms with Crippen LogP contribution in [0.2, 0.25) is 0 Å². The molecule has 128 valence electrons. The molecule has 22 heavy (non-hydrogen) atoms. The summed E-state index contributed by atoms with van der Waals surface area (Å²) in [6, 6.07) is -0.771. The summed E-state index contributed by atoms with van der Waals surface area (Å²) in [6.07, 6.45) is 3.21. The Labute approximate surface area is 134 Å². The van der Waals surface area contributed by atoms with Crippen molar-refractivity contribution in [3.8, 4) is 0 Å². The van der Waals surface area contributed by atoms with Crippen molar-refractivity contribution in [2.75, 3.05) is 19.6 Å². The zero-order chi connectivity index (χ0) is 16.7. The Balaban J connectivity index is 2.31. The molecule has 1 fully saturated rings. The van der Waals surface area contributed by atoms with Crippen molar-refractivity contribution in [2.45, 2.75) is 59.4 Å². The highest BCUT2D eigenvalue weighted by molar-refractivity contribution is 5.83. The second-order valence-corrected chi connectivity index (χ2v) is 7.08. The van der Waals surface area contributed by atoms with Crippen LogP contribution >= 0.6 is 0 Å². The van der Waals surface area contributed by atoms with E-state index in [4.69, 9.17) is 0 Å². The van der Waals surface area contributed by atoms with Crippen LogP contribution in [0.1, 0.15) is 53.4 Å². The van der Waals surface area contributed by atoms with Gasteiger partial charge in [-0.1, -0.05) is 34.1 Å². The quantitative estimate of drug-likeness (QED) is 0.722. The number of hydrogen-bond acceptors (Lipinski definition) is 3. The summed E-state index contributed by atoms with van der Waals surface area (Å²) in [5.74, 6) is 0.302. The van der Waals surface area contributed by atoms with Crippen LogP contribution in [-0.2, 0) is 9.59 Å². The number of carboxylic acid groups (broad SMARTS) is 1. The van der Waals surface area contributed by atoms with E-state index in [2.05, 4.69) is 24.1 Å². The molecule has 4 atom stereocenters. The van der Waals surface area contributed by atoms with Crippen LogP contribution < -0.4 is 5.32 Å². The molecule has 1 aliphatic heterocycles. The predicted molar refractivity (Wildman–Crippen MR) is 87.6 cm³/mol. The van der Waals surface area contributed by atoms with E-state index in [0.29, 0.717) is 6.42 Å². The predicted octanol–water partition coefficient (Wildman–Crippen LogP) is 2.36. The third-order valence-corrected chi connectivity index (χ3v) is 4.62. The van der Waals surface area contributed by atoms with Gasteiger partial charge in [-0.2, -0.15) is 0 Å². The molecule has 0 aromatic heterocycles. The van der Waals surface area contributed by atoms with Crippen molar-refractivity contribution in [1.82, 2.24) is 10.2 Å². The van der Waals surface area contributed by atoms with E-state index in [-0.39, 0.29) is 11.8 Å². The molecule has 0 saturated carbocycles. The number of amides is 1. The van der Waals surface area contributed by atoms with Gasteiger partial charge in [-0.25, -0.2) is 4.79 Å². The largest absolute Gasteiger partial charge is 0.480 e. The van der Waals surface area contributed by atoms with Crippen molar-refractivity contribution in [1.29, 1.82) is 0 Å². The number of likely N-dealkylation sites (tertiary alicyclic amines) is 1. The number of aliphatic carboxylic acids is 1.